The predicted octanol–water partition coefficient (Wildman–Crippen LogP) is 1.39. The van der Waals surface area contributed by atoms with Crippen molar-refractivity contribution in [3.05, 3.63) is 63.8 Å². The first-order valence-electron chi connectivity index (χ1n) is 6.26. The van der Waals surface area contributed by atoms with Gasteiger partial charge in [0.25, 0.3) is 5.69 Å². The van der Waals surface area contributed by atoms with E-state index in [4.69, 9.17) is 5.14 Å². The highest BCUT2D eigenvalue weighted by molar-refractivity contribution is 7.88. The van der Waals surface area contributed by atoms with Crippen LogP contribution in [0, 0.1) is 10.1 Å². The van der Waals surface area contributed by atoms with E-state index in [-0.39, 0.29) is 11.4 Å². The lowest BCUT2D eigenvalue weighted by molar-refractivity contribution is -0.385. The first kappa shape index (κ1) is 15.9. The quantitative estimate of drug-likeness (QED) is 0.611. The van der Waals surface area contributed by atoms with Crippen molar-refractivity contribution in [1.82, 2.24) is 4.98 Å². The molecule has 0 unspecified atom stereocenters. The lowest BCUT2D eigenvalue weighted by Crippen LogP contribution is -2.14. The number of hydrogen-bond acceptors (Lipinski definition) is 6. The molecule has 0 amide bonds. The summed E-state index contributed by atoms with van der Waals surface area (Å²) in [6.07, 6.45) is 1.18. The molecule has 0 aliphatic heterocycles. The van der Waals surface area contributed by atoms with E-state index in [9.17, 15) is 18.5 Å². The molecule has 0 atom stereocenters. The molecule has 0 bridgehead atoms. The smallest absolute Gasteiger partial charge is 0.287 e. The maximum atomic E-state index is 11.0. The highest BCUT2D eigenvalue weighted by atomic mass is 32.2. The van der Waals surface area contributed by atoms with Gasteiger partial charge in [0.1, 0.15) is 12.0 Å². The van der Waals surface area contributed by atoms with Crippen LogP contribution in [0.2, 0.25) is 0 Å². The van der Waals surface area contributed by atoms with Crippen LogP contribution in [0.25, 0.3) is 0 Å². The summed E-state index contributed by atoms with van der Waals surface area (Å²) in [6.45, 7) is 0.459. The van der Waals surface area contributed by atoms with E-state index in [2.05, 4.69) is 10.3 Å². The molecule has 2 rings (SSSR count). The van der Waals surface area contributed by atoms with Gasteiger partial charge < -0.3 is 5.32 Å². The molecule has 1 heterocycles. The standard InChI is InChI=1S/C13H14N4O4S/c14-22(20,21)9-11-3-1-10(2-4-11)7-15-13-6-5-12(8-16-13)17(18)19/h1-6,8H,7,9H2,(H,15,16)(H2,14,20,21). The number of nitrogens with two attached hydrogens (primary N) is 1. The fraction of sp³-hybridized carbons (Fsp3) is 0.154. The zero-order valence-electron chi connectivity index (χ0n) is 11.5. The number of rotatable bonds is 6. The highest BCUT2D eigenvalue weighted by Crippen LogP contribution is 2.13. The van der Waals surface area contributed by atoms with E-state index in [1.807, 2.05) is 0 Å². The van der Waals surface area contributed by atoms with Gasteiger partial charge in [-0.05, 0) is 17.2 Å². The van der Waals surface area contributed by atoms with Crippen molar-refractivity contribution in [2.75, 3.05) is 5.32 Å². The van der Waals surface area contributed by atoms with Gasteiger partial charge in [-0.1, -0.05) is 24.3 Å². The second-order valence-electron chi connectivity index (χ2n) is 4.64. The molecule has 1 aromatic carbocycles. The van der Waals surface area contributed by atoms with Crippen LogP contribution in [0.1, 0.15) is 11.1 Å². The van der Waals surface area contributed by atoms with Crippen LogP contribution in [0.4, 0.5) is 11.5 Å². The Hall–Kier alpha value is -2.52. The lowest BCUT2D eigenvalue weighted by Gasteiger charge is -2.06. The third kappa shape index (κ3) is 4.79. The summed E-state index contributed by atoms with van der Waals surface area (Å²) in [5.74, 6) is 0.309. The SMILES string of the molecule is NS(=O)(=O)Cc1ccc(CNc2ccc([N+](=O)[O-])cn2)cc1. The van der Waals surface area contributed by atoms with E-state index in [0.717, 1.165) is 5.56 Å². The number of benzene rings is 1. The van der Waals surface area contributed by atoms with Gasteiger partial charge in [-0.2, -0.15) is 0 Å². The molecular formula is C13H14N4O4S. The van der Waals surface area contributed by atoms with Crippen LogP contribution in [0.3, 0.4) is 0 Å². The molecule has 0 radical (unpaired) electrons. The molecule has 0 fully saturated rings. The third-order valence-corrected chi connectivity index (χ3v) is 3.56. The maximum Gasteiger partial charge on any atom is 0.287 e. The summed E-state index contributed by atoms with van der Waals surface area (Å²) in [6, 6.07) is 9.81. The van der Waals surface area contributed by atoms with Crippen molar-refractivity contribution < 1.29 is 13.3 Å². The average molecular weight is 322 g/mol. The Morgan fingerprint density at radius 3 is 2.27 bits per heavy atom. The lowest BCUT2D eigenvalue weighted by atomic mass is 10.1. The topological polar surface area (TPSA) is 128 Å². The van der Waals surface area contributed by atoms with Crippen LogP contribution >= 0.6 is 0 Å². The molecule has 0 aliphatic carbocycles. The molecule has 0 saturated carbocycles. The largest absolute Gasteiger partial charge is 0.366 e. The van der Waals surface area contributed by atoms with Gasteiger partial charge in [0, 0.05) is 12.6 Å². The molecule has 3 N–H and O–H groups in total. The number of nitrogens with zero attached hydrogens (tertiary/aromatic N) is 2. The number of primary sulfonamides is 1. The number of sulfonamides is 1. The van der Waals surface area contributed by atoms with E-state index in [1.165, 1.54) is 18.3 Å². The molecule has 0 aliphatic rings. The summed E-state index contributed by atoms with van der Waals surface area (Å²) in [5, 5.41) is 18.5. The first-order chi connectivity index (χ1) is 10.3. The number of anilines is 1. The third-order valence-electron chi connectivity index (χ3n) is 2.82. The summed E-state index contributed by atoms with van der Waals surface area (Å²) in [7, 11) is -3.54. The van der Waals surface area contributed by atoms with E-state index >= 15 is 0 Å². The number of nitro groups is 1. The van der Waals surface area contributed by atoms with E-state index < -0.39 is 14.9 Å². The highest BCUT2D eigenvalue weighted by Gasteiger charge is 2.06. The van der Waals surface area contributed by atoms with Gasteiger partial charge in [-0.15, -0.1) is 0 Å². The van der Waals surface area contributed by atoms with Crippen molar-refractivity contribution in [3.8, 4) is 0 Å². The van der Waals surface area contributed by atoms with Crippen molar-refractivity contribution in [2.45, 2.75) is 12.3 Å². The van der Waals surface area contributed by atoms with Gasteiger partial charge in [0.15, 0.2) is 0 Å². The second-order valence-corrected chi connectivity index (χ2v) is 6.25. The fourth-order valence-electron chi connectivity index (χ4n) is 1.78. The van der Waals surface area contributed by atoms with Crippen molar-refractivity contribution in [2.24, 2.45) is 5.14 Å². The number of pyridine rings is 1. The van der Waals surface area contributed by atoms with Gasteiger partial charge in [0.05, 0.1) is 10.7 Å². The second kappa shape index (κ2) is 6.50. The average Bonchev–Trinajstić information content (AvgIpc) is 2.45. The zero-order chi connectivity index (χ0) is 16.2. The minimum atomic E-state index is -3.54. The number of nitrogens with one attached hydrogen (secondary N) is 1. The Kier molecular flexibility index (Phi) is 4.68. The van der Waals surface area contributed by atoms with Crippen LogP contribution < -0.4 is 10.5 Å². The Bertz CT molecular complexity index is 758. The minimum absolute atomic E-state index is 0.0714. The predicted molar refractivity (Wildman–Crippen MR) is 81.5 cm³/mol. The van der Waals surface area contributed by atoms with Crippen molar-refractivity contribution in [3.63, 3.8) is 0 Å². The summed E-state index contributed by atoms with van der Waals surface area (Å²) in [4.78, 5) is 13.9. The van der Waals surface area contributed by atoms with Gasteiger partial charge >= 0.3 is 0 Å². The molecule has 8 nitrogen and oxygen atoms in total. The molecule has 2 aromatic rings. The monoisotopic (exact) mass is 322 g/mol. The normalized spacial score (nSPS) is 11.1. The Balaban J connectivity index is 1.95. The van der Waals surface area contributed by atoms with Crippen LogP contribution in [0.5, 0.6) is 0 Å². The Morgan fingerprint density at radius 2 is 1.77 bits per heavy atom. The summed E-state index contributed by atoms with van der Waals surface area (Å²) >= 11 is 0. The Morgan fingerprint density at radius 1 is 1.14 bits per heavy atom. The molecule has 1 aromatic heterocycles. The zero-order valence-corrected chi connectivity index (χ0v) is 12.3. The minimum Gasteiger partial charge on any atom is -0.366 e. The molecular weight excluding hydrogens is 308 g/mol. The number of aromatic nitrogens is 1. The van der Waals surface area contributed by atoms with Gasteiger partial charge in [-0.25, -0.2) is 18.5 Å². The molecule has 0 spiro atoms. The molecule has 22 heavy (non-hydrogen) atoms. The number of hydrogen-bond donors (Lipinski definition) is 2. The fourth-order valence-corrected chi connectivity index (χ4v) is 2.43. The van der Waals surface area contributed by atoms with E-state index in [0.29, 0.717) is 17.9 Å². The first-order valence-corrected chi connectivity index (χ1v) is 7.98. The molecule has 9 heteroatoms. The van der Waals surface area contributed by atoms with Crippen molar-refractivity contribution in [1.29, 1.82) is 0 Å². The van der Waals surface area contributed by atoms with Crippen LogP contribution in [0.15, 0.2) is 42.6 Å². The van der Waals surface area contributed by atoms with Crippen LogP contribution in [-0.2, 0) is 22.3 Å². The van der Waals surface area contributed by atoms with E-state index in [1.54, 1.807) is 24.3 Å². The summed E-state index contributed by atoms with van der Waals surface area (Å²) < 4.78 is 22.0. The molecule has 116 valence electrons. The van der Waals surface area contributed by atoms with Gasteiger partial charge in [0.2, 0.25) is 10.0 Å². The summed E-state index contributed by atoms with van der Waals surface area (Å²) in [5.41, 5.74) is 1.45. The maximum absolute atomic E-state index is 11.0. The Labute approximate surface area is 127 Å². The van der Waals surface area contributed by atoms with Crippen LogP contribution in [-0.4, -0.2) is 18.3 Å². The molecule has 0 saturated heterocycles. The van der Waals surface area contributed by atoms with Gasteiger partial charge in [-0.3, -0.25) is 10.1 Å². The van der Waals surface area contributed by atoms with Crippen molar-refractivity contribution >= 4 is 21.5 Å².